The molecule has 3 unspecified atom stereocenters. The van der Waals surface area contributed by atoms with Crippen LogP contribution >= 0.6 is 11.3 Å². The summed E-state index contributed by atoms with van der Waals surface area (Å²) in [5.41, 5.74) is -0.0811. The Morgan fingerprint density at radius 2 is 1.77 bits per heavy atom. The molecular weight excluding hydrogens is 850 g/mol. The minimum atomic E-state index is -1.62. The van der Waals surface area contributed by atoms with Crippen molar-refractivity contribution in [3.05, 3.63) is 76.3 Å². The molecule has 3 heterocycles. The summed E-state index contributed by atoms with van der Waals surface area (Å²) < 4.78 is 43.5. The number of rotatable bonds is 14. The van der Waals surface area contributed by atoms with E-state index in [1.807, 2.05) is 13.0 Å². The number of amides is 6. The van der Waals surface area contributed by atoms with Gasteiger partial charge in [-0.05, 0) is 81.4 Å². The number of carbonyl (C=O) groups is 6. The Balaban J connectivity index is 1.19. The average Bonchev–Trinajstić information content (AvgIpc) is 3.86. The van der Waals surface area contributed by atoms with Crippen molar-refractivity contribution in [2.45, 2.75) is 96.7 Å². The predicted octanol–water partition coefficient (Wildman–Crippen LogP) is 5.24. The van der Waals surface area contributed by atoms with Crippen molar-refractivity contribution in [2.75, 3.05) is 38.7 Å². The molecule has 8 rings (SSSR count). The van der Waals surface area contributed by atoms with Crippen LogP contribution in [0, 0.1) is 17.3 Å². The first-order valence-electron chi connectivity index (χ1n) is 21.3. The summed E-state index contributed by atoms with van der Waals surface area (Å²) in [5, 5.41) is 9.61. The van der Waals surface area contributed by atoms with Crippen LogP contribution in [0.2, 0.25) is 0 Å². The number of nitrogens with zero attached hydrogens (tertiary/aromatic N) is 3. The fourth-order valence-electron chi connectivity index (χ4n) is 9.25. The van der Waals surface area contributed by atoms with E-state index < -0.39 is 72.8 Å². The van der Waals surface area contributed by atoms with E-state index in [0.29, 0.717) is 16.4 Å². The molecular formula is C44H54BFN6O11S. The predicted molar refractivity (Wildman–Crippen MR) is 232 cm³/mol. The number of piperazine rings is 1. The second-order valence-corrected chi connectivity index (χ2v) is 19.1. The highest BCUT2D eigenvalue weighted by Gasteiger charge is 2.68. The van der Waals surface area contributed by atoms with Gasteiger partial charge in [0.1, 0.15) is 30.2 Å². The number of ether oxygens (including phenoxy) is 3. The highest BCUT2D eigenvalue weighted by molar-refractivity contribution is 7.13. The van der Waals surface area contributed by atoms with E-state index in [4.69, 9.17) is 23.5 Å². The molecule has 3 aromatic rings. The number of imide groups is 1. The zero-order chi connectivity index (χ0) is 46.1. The minimum absolute atomic E-state index is 0.00307. The number of methoxy groups -OCH3 is 1. The number of halogens is 1. The van der Waals surface area contributed by atoms with Gasteiger partial charge < -0.3 is 39.1 Å². The molecule has 2 aliphatic heterocycles. The zero-order valence-electron chi connectivity index (χ0n) is 36.9. The second kappa shape index (κ2) is 18.5. The van der Waals surface area contributed by atoms with Crippen LogP contribution in [0.25, 0.3) is 0 Å². The maximum absolute atomic E-state index is 14.8. The highest BCUT2D eigenvalue weighted by atomic mass is 32.1. The van der Waals surface area contributed by atoms with Crippen LogP contribution in [0.5, 0.6) is 5.75 Å². The number of benzene rings is 2. The van der Waals surface area contributed by atoms with Gasteiger partial charge in [-0.1, -0.05) is 56.3 Å². The summed E-state index contributed by atoms with van der Waals surface area (Å²) in [4.78, 5) is 86.9. The third-order valence-electron chi connectivity index (χ3n) is 12.7. The molecule has 17 nitrogen and oxygen atoms in total. The van der Waals surface area contributed by atoms with Gasteiger partial charge in [-0.3, -0.25) is 24.6 Å². The van der Waals surface area contributed by atoms with E-state index >= 15 is 0 Å². The summed E-state index contributed by atoms with van der Waals surface area (Å²) in [7, 11) is 0.406. The number of hydrogen-bond donors (Lipinski definition) is 3. The number of alkyl halides is 1. The minimum Gasteiger partial charge on any atom is -0.496 e. The van der Waals surface area contributed by atoms with Gasteiger partial charge >= 0.3 is 37.0 Å². The number of hydrogen-bond acceptors (Lipinski definition) is 13. The summed E-state index contributed by atoms with van der Waals surface area (Å²) >= 11 is 0.951. The molecule has 3 aliphatic carbocycles. The SMILES string of the molecule is COc1c(CC(NC(=O)C(NC(=O)N2CCN(CCF)C(=O)C2=O)c2csc(NC(=O)OCc3ccccc3)n2)B2OC3C[C@@H]4C[C@@H](C4(C)C)[C@]3(C)O2)cccc1C(=O)OC(C)(C)C. The van der Waals surface area contributed by atoms with Crippen LogP contribution in [-0.4, -0.2) is 114 Å². The van der Waals surface area contributed by atoms with Gasteiger partial charge in [0.25, 0.3) is 0 Å². The standard InChI is InChI=1S/C44H54BFN6O11S/c1-42(2,3)61-38(56)28-15-11-14-26(34(28)59-7)20-32(45-62-31-22-27-21-30(43(27,4)5)44(31,6)63-45)48-35(53)33(49-40(57)52-19-18-51(17-16-46)36(54)37(52)55)29-24-64-39(47-29)50-41(58)60-23-25-12-9-8-10-13-25/h8-15,24,27,30-33H,16-23H2,1-7H3,(H,48,53)(H,49,57)(H,47,50,58)/t27-,30-,31?,32?,33?,44-/m0/s1. The summed E-state index contributed by atoms with van der Waals surface area (Å²) in [5.74, 6) is -3.85. The Hall–Kier alpha value is -5.60. The lowest BCUT2D eigenvalue weighted by Crippen LogP contribution is -2.65. The molecule has 3 saturated carbocycles. The van der Waals surface area contributed by atoms with Crippen molar-refractivity contribution in [2.24, 2.45) is 17.3 Å². The maximum Gasteiger partial charge on any atom is 0.482 e. The number of carbonyl (C=O) groups excluding carboxylic acids is 6. The maximum atomic E-state index is 14.8. The quantitative estimate of drug-likeness (QED) is 0.108. The van der Waals surface area contributed by atoms with Crippen LogP contribution in [0.1, 0.15) is 87.6 Å². The lowest BCUT2D eigenvalue weighted by molar-refractivity contribution is -0.199. The first-order chi connectivity index (χ1) is 30.3. The third kappa shape index (κ3) is 9.58. The van der Waals surface area contributed by atoms with E-state index in [1.54, 1.807) is 63.2 Å². The Bertz CT molecular complexity index is 2280. The number of esters is 1. The fourth-order valence-corrected chi connectivity index (χ4v) is 9.97. The van der Waals surface area contributed by atoms with Crippen LogP contribution < -0.4 is 20.7 Å². The van der Waals surface area contributed by atoms with Crippen molar-refractivity contribution in [1.29, 1.82) is 0 Å². The molecule has 1 aromatic heterocycles. The molecule has 3 N–H and O–H groups in total. The van der Waals surface area contributed by atoms with E-state index in [2.05, 4.69) is 34.8 Å². The largest absolute Gasteiger partial charge is 0.496 e. The number of aromatic nitrogens is 1. The molecule has 6 amide bonds. The Morgan fingerprint density at radius 1 is 1.02 bits per heavy atom. The van der Waals surface area contributed by atoms with Crippen LogP contribution in [0.4, 0.5) is 19.1 Å². The van der Waals surface area contributed by atoms with Crippen molar-refractivity contribution in [3.8, 4) is 5.75 Å². The molecule has 5 aliphatic rings. The molecule has 64 heavy (non-hydrogen) atoms. The Morgan fingerprint density at radius 3 is 2.45 bits per heavy atom. The monoisotopic (exact) mass is 904 g/mol. The van der Waals surface area contributed by atoms with E-state index in [-0.39, 0.29) is 72.2 Å². The van der Waals surface area contributed by atoms with Crippen molar-refractivity contribution in [3.63, 3.8) is 0 Å². The van der Waals surface area contributed by atoms with Gasteiger partial charge in [0.2, 0.25) is 5.91 Å². The zero-order valence-corrected chi connectivity index (χ0v) is 37.8. The van der Waals surface area contributed by atoms with Gasteiger partial charge in [-0.2, -0.15) is 0 Å². The molecule has 2 saturated heterocycles. The Labute approximate surface area is 375 Å². The lowest BCUT2D eigenvalue weighted by Gasteiger charge is -2.64. The van der Waals surface area contributed by atoms with Crippen molar-refractivity contribution < 1.29 is 56.7 Å². The molecule has 0 spiro atoms. The second-order valence-electron chi connectivity index (χ2n) is 18.2. The average molecular weight is 905 g/mol. The number of nitrogens with one attached hydrogen (secondary N) is 3. The summed E-state index contributed by atoms with van der Waals surface area (Å²) in [6.07, 6.45) is 0.626. The highest BCUT2D eigenvalue weighted by Crippen LogP contribution is 2.65. The summed E-state index contributed by atoms with van der Waals surface area (Å²) in [6, 6.07) is 11.3. The number of urea groups is 1. The van der Waals surface area contributed by atoms with Gasteiger partial charge in [-0.15, -0.1) is 11.3 Å². The van der Waals surface area contributed by atoms with Crippen LogP contribution in [0.3, 0.4) is 0 Å². The smallest absolute Gasteiger partial charge is 0.482 e. The van der Waals surface area contributed by atoms with E-state index in [1.165, 1.54) is 12.5 Å². The molecule has 342 valence electrons. The molecule has 6 atom stereocenters. The van der Waals surface area contributed by atoms with Gasteiger partial charge in [0.15, 0.2) is 11.2 Å². The van der Waals surface area contributed by atoms with Gasteiger partial charge in [0, 0.05) is 25.0 Å². The molecule has 20 heteroatoms. The van der Waals surface area contributed by atoms with E-state index in [0.717, 1.165) is 34.6 Å². The first kappa shape index (κ1) is 46.4. The molecule has 5 fully saturated rings. The molecule has 2 bridgehead atoms. The molecule has 0 radical (unpaired) electrons. The lowest BCUT2D eigenvalue weighted by atomic mass is 9.43. The van der Waals surface area contributed by atoms with Crippen molar-refractivity contribution in [1.82, 2.24) is 25.4 Å². The number of para-hydroxylation sites is 1. The number of anilines is 1. The topological polar surface area (TPSA) is 204 Å². The van der Waals surface area contributed by atoms with Crippen molar-refractivity contribution >= 4 is 59.4 Å². The van der Waals surface area contributed by atoms with Crippen LogP contribution in [-0.2, 0) is 46.2 Å². The fraction of sp³-hybridized carbons (Fsp3) is 0.523. The van der Waals surface area contributed by atoms with Crippen LogP contribution in [0.15, 0.2) is 53.9 Å². The first-order valence-corrected chi connectivity index (χ1v) is 22.1. The van der Waals surface area contributed by atoms with E-state index in [9.17, 15) is 33.2 Å². The number of thiazole rings is 1. The Kier molecular flexibility index (Phi) is 13.4. The van der Waals surface area contributed by atoms with Gasteiger partial charge in [-0.25, -0.2) is 23.8 Å². The van der Waals surface area contributed by atoms with Gasteiger partial charge in [0.05, 0.1) is 30.4 Å². The molecule has 2 aromatic carbocycles. The summed E-state index contributed by atoms with van der Waals surface area (Å²) in [6.45, 7) is 10.1. The normalized spacial score (nSPS) is 23.3. The third-order valence-corrected chi connectivity index (χ3v) is 13.4.